The first-order chi connectivity index (χ1) is 17.4. The Morgan fingerprint density at radius 1 is 1.00 bits per heavy atom. The maximum absolute atomic E-state index is 12.3. The smallest absolute Gasteiger partial charge is 0.259 e. The maximum Gasteiger partial charge on any atom is 0.259 e. The topological polar surface area (TPSA) is 176 Å². The molecule has 0 saturated heterocycles. The lowest BCUT2D eigenvalue weighted by Crippen LogP contribution is -2.12. The van der Waals surface area contributed by atoms with Crippen LogP contribution in [0.4, 0.5) is 17.2 Å². The summed E-state index contributed by atoms with van der Waals surface area (Å²) in [6.45, 7) is 0. The van der Waals surface area contributed by atoms with Gasteiger partial charge in [-0.1, -0.05) is 30.3 Å². The van der Waals surface area contributed by atoms with Crippen molar-refractivity contribution in [3.05, 3.63) is 96.3 Å². The lowest BCUT2D eigenvalue weighted by atomic mass is 10.0. The number of phenolic OH excluding ortho intramolecular Hbond substituents is 2. The molecule has 7 N–H and O–H groups in total. The molecule has 0 saturated carbocycles. The summed E-state index contributed by atoms with van der Waals surface area (Å²) in [5, 5.41) is 36.2. The number of fused-ring (bicyclic) bond motifs is 1. The van der Waals surface area contributed by atoms with E-state index in [2.05, 4.69) is 15.4 Å². The van der Waals surface area contributed by atoms with E-state index in [0.717, 1.165) is 5.39 Å². The standard InChI is InChI=1S/C17H14N2O3.C9H7N5/c18-15-13-4-2-1-3-10(13)9-14(16(15)21)17(22)19-11-5-7-12(20)8-6-11;10-5-7-6-13-14(9(7)11)8-3-1-2-4-12-8/h1-9,20-21H,18H2,(H,19,22);1-4,6H,11H2. The van der Waals surface area contributed by atoms with Crippen molar-refractivity contribution in [3.8, 4) is 23.4 Å². The lowest BCUT2D eigenvalue weighted by Gasteiger charge is -2.11. The second kappa shape index (κ2) is 10.1. The van der Waals surface area contributed by atoms with E-state index in [1.807, 2.05) is 30.3 Å². The number of aromatic nitrogens is 3. The normalized spacial score (nSPS) is 10.2. The molecule has 0 aliphatic carbocycles. The summed E-state index contributed by atoms with van der Waals surface area (Å²) in [5.74, 6) is 0.309. The Kier molecular flexibility index (Phi) is 6.65. The zero-order chi connectivity index (χ0) is 25.7. The number of carbonyl (C=O) groups excluding carboxylic acids is 1. The quantitative estimate of drug-likeness (QED) is 0.147. The number of nitrogens with zero attached hydrogens (tertiary/aromatic N) is 4. The molecule has 0 radical (unpaired) electrons. The lowest BCUT2D eigenvalue weighted by molar-refractivity contribution is 0.102. The Balaban J connectivity index is 0.000000187. The van der Waals surface area contributed by atoms with Crippen LogP contribution in [0.1, 0.15) is 15.9 Å². The summed E-state index contributed by atoms with van der Waals surface area (Å²) in [6, 6.07) is 22.2. The number of benzene rings is 3. The molecule has 1 amide bonds. The number of carbonyl (C=O) groups is 1. The SMILES string of the molecule is N#Cc1cnn(-c2ccccn2)c1N.Nc1c(O)c(C(=O)Nc2ccc(O)cc2)cc2ccccc12. The second-order valence-corrected chi connectivity index (χ2v) is 7.56. The molecule has 5 rings (SSSR count). The van der Waals surface area contributed by atoms with Gasteiger partial charge in [0.1, 0.15) is 23.2 Å². The molecule has 0 spiro atoms. The number of hydrogen-bond acceptors (Lipinski definition) is 8. The van der Waals surface area contributed by atoms with E-state index in [4.69, 9.17) is 16.7 Å². The van der Waals surface area contributed by atoms with E-state index in [-0.39, 0.29) is 22.7 Å². The monoisotopic (exact) mass is 479 g/mol. The number of nitrogens with two attached hydrogens (primary N) is 2. The van der Waals surface area contributed by atoms with Crippen molar-refractivity contribution in [1.82, 2.24) is 14.8 Å². The molecule has 36 heavy (non-hydrogen) atoms. The largest absolute Gasteiger partial charge is 0.508 e. The third-order valence-corrected chi connectivity index (χ3v) is 5.22. The fourth-order valence-corrected chi connectivity index (χ4v) is 3.39. The molecular weight excluding hydrogens is 458 g/mol. The molecule has 3 aromatic carbocycles. The molecule has 178 valence electrons. The van der Waals surface area contributed by atoms with Crippen molar-refractivity contribution < 1.29 is 15.0 Å². The third-order valence-electron chi connectivity index (χ3n) is 5.22. The molecular formula is C26H21N7O3. The van der Waals surface area contributed by atoms with Gasteiger partial charge in [-0.05, 0) is 47.9 Å². The van der Waals surface area contributed by atoms with Crippen molar-refractivity contribution in [2.24, 2.45) is 0 Å². The molecule has 0 aliphatic heterocycles. The van der Waals surface area contributed by atoms with Crippen LogP contribution in [0.3, 0.4) is 0 Å². The van der Waals surface area contributed by atoms with Gasteiger partial charge in [0, 0.05) is 17.3 Å². The van der Waals surface area contributed by atoms with E-state index in [1.165, 1.54) is 23.0 Å². The van der Waals surface area contributed by atoms with Crippen molar-refractivity contribution in [2.75, 3.05) is 16.8 Å². The number of nitrogens with one attached hydrogen (secondary N) is 1. The molecule has 10 nitrogen and oxygen atoms in total. The predicted molar refractivity (Wildman–Crippen MR) is 137 cm³/mol. The fraction of sp³-hybridized carbons (Fsp3) is 0. The van der Waals surface area contributed by atoms with Crippen molar-refractivity contribution >= 4 is 33.9 Å². The van der Waals surface area contributed by atoms with Gasteiger partial charge in [-0.2, -0.15) is 15.0 Å². The van der Waals surface area contributed by atoms with Gasteiger partial charge in [0.25, 0.3) is 5.91 Å². The predicted octanol–water partition coefficient (Wildman–Crippen LogP) is 3.81. The van der Waals surface area contributed by atoms with Gasteiger partial charge in [0.05, 0.1) is 17.4 Å². The number of anilines is 3. The number of amides is 1. The highest BCUT2D eigenvalue weighted by atomic mass is 16.3. The van der Waals surface area contributed by atoms with Crippen molar-refractivity contribution in [1.29, 1.82) is 5.26 Å². The Morgan fingerprint density at radius 3 is 2.39 bits per heavy atom. The fourth-order valence-electron chi connectivity index (χ4n) is 3.39. The Bertz CT molecular complexity index is 1570. The molecule has 5 aromatic rings. The summed E-state index contributed by atoms with van der Waals surface area (Å²) in [6.07, 6.45) is 3.06. The molecule has 10 heteroatoms. The van der Waals surface area contributed by atoms with Crippen LogP contribution in [0.5, 0.6) is 11.5 Å². The minimum atomic E-state index is -0.472. The molecule has 0 fully saturated rings. The Hall–Kier alpha value is -5.56. The van der Waals surface area contributed by atoms with Gasteiger partial charge >= 0.3 is 0 Å². The Labute approximate surface area is 205 Å². The molecule has 0 atom stereocenters. The minimum absolute atomic E-state index is 0.101. The van der Waals surface area contributed by atoms with E-state index >= 15 is 0 Å². The molecule has 0 unspecified atom stereocenters. The van der Waals surface area contributed by atoms with Gasteiger partial charge in [0.2, 0.25) is 0 Å². The van der Waals surface area contributed by atoms with Crippen LogP contribution in [0.15, 0.2) is 85.2 Å². The minimum Gasteiger partial charge on any atom is -0.508 e. The van der Waals surface area contributed by atoms with Crippen LogP contribution < -0.4 is 16.8 Å². The van der Waals surface area contributed by atoms with Crippen LogP contribution >= 0.6 is 0 Å². The zero-order valence-corrected chi connectivity index (χ0v) is 18.8. The number of nitriles is 1. The van der Waals surface area contributed by atoms with Crippen LogP contribution in [0.25, 0.3) is 16.6 Å². The summed E-state index contributed by atoms with van der Waals surface area (Å²) < 4.78 is 1.43. The molecule has 0 aliphatic rings. The highest BCUT2D eigenvalue weighted by Crippen LogP contribution is 2.34. The summed E-state index contributed by atoms with van der Waals surface area (Å²) >= 11 is 0. The summed E-state index contributed by atoms with van der Waals surface area (Å²) in [4.78, 5) is 16.4. The average molecular weight is 480 g/mol. The number of hydrogen-bond donors (Lipinski definition) is 5. The number of phenols is 2. The van der Waals surface area contributed by atoms with Crippen LogP contribution in [-0.2, 0) is 0 Å². The van der Waals surface area contributed by atoms with Gasteiger partial charge in [-0.25, -0.2) is 4.98 Å². The first-order valence-electron chi connectivity index (χ1n) is 10.6. The van der Waals surface area contributed by atoms with Gasteiger partial charge in [0.15, 0.2) is 11.6 Å². The van der Waals surface area contributed by atoms with Crippen molar-refractivity contribution in [2.45, 2.75) is 0 Å². The summed E-state index contributed by atoms with van der Waals surface area (Å²) in [5.41, 5.74) is 12.7. The van der Waals surface area contributed by atoms with Crippen LogP contribution in [0, 0.1) is 11.3 Å². The highest BCUT2D eigenvalue weighted by molar-refractivity contribution is 6.11. The number of rotatable bonds is 3. The number of aromatic hydroxyl groups is 2. The first kappa shape index (κ1) is 23.6. The molecule has 0 bridgehead atoms. The molecule has 2 aromatic heterocycles. The maximum atomic E-state index is 12.3. The number of pyridine rings is 1. The third kappa shape index (κ3) is 4.85. The first-order valence-corrected chi connectivity index (χ1v) is 10.6. The van der Waals surface area contributed by atoms with Crippen LogP contribution in [0.2, 0.25) is 0 Å². The molecule has 2 heterocycles. The summed E-state index contributed by atoms with van der Waals surface area (Å²) in [7, 11) is 0. The van der Waals surface area contributed by atoms with E-state index in [1.54, 1.807) is 42.6 Å². The van der Waals surface area contributed by atoms with Crippen LogP contribution in [-0.4, -0.2) is 30.9 Å². The van der Waals surface area contributed by atoms with E-state index < -0.39 is 5.91 Å². The highest BCUT2D eigenvalue weighted by Gasteiger charge is 2.16. The zero-order valence-electron chi connectivity index (χ0n) is 18.8. The Morgan fingerprint density at radius 2 is 1.72 bits per heavy atom. The number of nitrogen functional groups attached to an aromatic ring is 2. The van der Waals surface area contributed by atoms with E-state index in [9.17, 15) is 15.0 Å². The van der Waals surface area contributed by atoms with E-state index in [0.29, 0.717) is 28.3 Å². The average Bonchev–Trinajstić information content (AvgIpc) is 3.28. The van der Waals surface area contributed by atoms with Crippen molar-refractivity contribution in [3.63, 3.8) is 0 Å². The second-order valence-electron chi connectivity index (χ2n) is 7.56. The van der Waals surface area contributed by atoms with Gasteiger partial charge in [-0.3, -0.25) is 4.79 Å². The van der Waals surface area contributed by atoms with Gasteiger partial charge in [-0.15, -0.1) is 0 Å². The van der Waals surface area contributed by atoms with Gasteiger partial charge < -0.3 is 27.0 Å².